The maximum Gasteiger partial charge on any atom is 0.315 e. The number of hydrogen-bond acceptors (Lipinski definition) is 2. The highest BCUT2D eigenvalue weighted by Crippen LogP contribution is 2.18. The number of urea groups is 1. The molecule has 1 atom stereocenters. The second-order valence-corrected chi connectivity index (χ2v) is 5.55. The summed E-state index contributed by atoms with van der Waals surface area (Å²) in [6.07, 6.45) is 1.15. The highest BCUT2D eigenvalue weighted by atomic mass is 16.4. The summed E-state index contributed by atoms with van der Waals surface area (Å²) in [6.45, 7) is 0.338. The molecule has 24 heavy (non-hydrogen) atoms. The van der Waals surface area contributed by atoms with Crippen molar-refractivity contribution in [1.29, 1.82) is 0 Å². The summed E-state index contributed by atoms with van der Waals surface area (Å²) in [5.41, 5.74) is 2.17. The first-order chi connectivity index (χ1) is 11.6. The van der Waals surface area contributed by atoms with Crippen LogP contribution < -0.4 is 10.6 Å². The van der Waals surface area contributed by atoms with E-state index in [-0.39, 0.29) is 18.5 Å². The average molecular weight is 326 g/mol. The van der Waals surface area contributed by atoms with E-state index in [1.165, 1.54) is 0 Å². The van der Waals surface area contributed by atoms with E-state index in [0.717, 1.165) is 11.1 Å². The molecule has 0 fully saturated rings. The summed E-state index contributed by atoms with van der Waals surface area (Å²) in [6, 6.07) is 19.3. The van der Waals surface area contributed by atoms with Gasteiger partial charge in [-0.15, -0.1) is 0 Å². The Hall–Kier alpha value is -2.82. The lowest BCUT2D eigenvalue weighted by Gasteiger charge is -2.20. The van der Waals surface area contributed by atoms with Gasteiger partial charge in [0.15, 0.2) is 0 Å². The molecule has 0 aliphatic carbocycles. The molecule has 2 amide bonds. The molecule has 0 aromatic heterocycles. The quantitative estimate of drug-likeness (QED) is 0.652. The number of amides is 2. The van der Waals surface area contributed by atoms with Crippen LogP contribution in [0.3, 0.4) is 0 Å². The van der Waals surface area contributed by atoms with Crippen molar-refractivity contribution < 1.29 is 14.7 Å². The van der Waals surface area contributed by atoms with Crippen LogP contribution in [-0.4, -0.2) is 23.7 Å². The maximum absolute atomic E-state index is 12.1. The van der Waals surface area contributed by atoms with Gasteiger partial charge < -0.3 is 15.7 Å². The summed E-state index contributed by atoms with van der Waals surface area (Å²) >= 11 is 0. The van der Waals surface area contributed by atoms with Gasteiger partial charge in [-0.25, -0.2) is 4.79 Å². The molecule has 126 valence electrons. The third-order valence-electron chi connectivity index (χ3n) is 3.64. The lowest BCUT2D eigenvalue weighted by atomic mass is 9.99. The number of nitrogens with one attached hydrogen (secondary N) is 2. The molecule has 0 bridgehead atoms. The van der Waals surface area contributed by atoms with Crippen molar-refractivity contribution in [3.8, 4) is 0 Å². The number of hydrogen-bond donors (Lipinski definition) is 3. The highest BCUT2D eigenvalue weighted by molar-refractivity contribution is 5.74. The molecule has 2 aromatic rings. The first-order valence-electron chi connectivity index (χ1n) is 8.00. The Morgan fingerprint density at radius 2 is 1.58 bits per heavy atom. The van der Waals surface area contributed by atoms with Crippen LogP contribution in [0.1, 0.15) is 30.0 Å². The molecule has 0 aliphatic heterocycles. The summed E-state index contributed by atoms with van der Waals surface area (Å²) in [4.78, 5) is 22.6. The number of carboxylic acids is 1. The van der Waals surface area contributed by atoms with Gasteiger partial charge in [-0.05, 0) is 24.0 Å². The van der Waals surface area contributed by atoms with Gasteiger partial charge >= 0.3 is 12.0 Å². The van der Waals surface area contributed by atoms with E-state index in [1.54, 1.807) is 0 Å². The summed E-state index contributed by atoms with van der Waals surface area (Å²) in [7, 11) is 0. The smallest absolute Gasteiger partial charge is 0.315 e. The number of carboxylic acid groups (broad SMARTS) is 1. The highest BCUT2D eigenvalue weighted by Gasteiger charge is 2.15. The van der Waals surface area contributed by atoms with Gasteiger partial charge in [0.2, 0.25) is 0 Å². The van der Waals surface area contributed by atoms with Gasteiger partial charge in [0.05, 0.1) is 6.04 Å². The van der Waals surface area contributed by atoms with E-state index >= 15 is 0 Å². The van der Waals surface area contributed by atoms with Crippen molar-refractivity contribution in [1.82, 2.24) is 10.6 Å². The Morgan fingerprint density at radius 1 is 0.958 bits per heavy atom. The minimum Gasteiger partial charge on any atom is -0.481 e. The molecule has 0 saturated carbocycles. The number of rotatable bonds is 8. The van der Waals surface area contributed by atoms with E-state index in [0.29, 0.717) is 19.4 Å². The van der Waals surface area contributed by atoms with E-state index in [2.05, 4.69) is 10.6 Å². The predicted molar refractivity (Wildman–Crippen MR) is 92.7 cm³/mol. The molecule has 5 heteroatoms. The molecule has 0 saturated heterocycles. The summed E-state index contributed by atoms with van der Waals surface area (Å²) in [5, 5.41) is 14.3. The zero-order valence-electron chi connectivity index (χ0n) is 13.4. The first-order valence-corrected chi connectivity index (χ1v) is 8.00. The molecule has 0 aliphatic rings. The van der Waals surface area contributed by atoms with E-state index in [9.17, 15) is 9.59 Å². The fraction of sp³-hybridized carbons (Fsp3) is 0.263. The number of carbonyl (C=O) groups is 2. The first kappa shape index (κ1) is 17.5. The molecule has 0 spiro atoms. The van der Waals surface area contributed by atoms with Crippen LogP contribution in [0, 0.1) is 0 Å². The van der Waals surface area contributed by atoms with Crippen molar-refractivity contribution in [3.05, 3.63) is 71.8 Å². The molecular formula is C19H22N2O3. The second-order valence-electron chi connectivity index (χ2n) is 5.55. The van der Waals surface area contributed by atoms with Gasteiger partial charge in [0.1, 0.15) is 0 Å². The summed E-state index contributed by atoms with van der Waals surface area (Å²) < 4.78 is 0. The molecule has 2 rings (SSSR count). The number of benzene rings is 2. The molecule has 0 radical (unpaired) electrons. The van der Waals surface area contributed by atoms with Crippen LogP contribution in [0.5, 0.6) is 0 Å². The van der Waals surface area contributed by atoms with E-state index < -0.39 is 5.97 Å². The van der Waals surface area contributed by atoms with Gasteiger partial charge in [-0.1, -0.05) is 60.7 Å². The normalized spacial score (nSPS) is 11.5. The average Bonchev–Trinajstić information content (AvgIpc) is 2.60. The zero-order valence-corrected chi connectivity index (χ0v) is 13.4. The van der Waals surface area contributed by atoms with Crippen molar-refractivity contribution >= 4 is 12.0 Å². The van der Waals surface area contributed by atoms with Crippen LogP contribution in [-0.2, 0) is 11.2 Å². The Bertz CT molecular complexity index is 644. The minimum atomic E-state index is -0.858. The van der Waals surface area contributed by atoms with Crippen molar-refractivity contribution in [2.75, 3.05) is 6.54 Å². The lowest BCUT2D eigenvalue weighted by molar-refractivity contribution is -0.137. The van der Waals surface area contributed by atoms with Crippen LogP contribution in [0.2, 0.25) is 0 Å². The minimum absolute atomic E-state index is 0.0480. The Morgan fingerprint density at radius 3 is 2.21 bits per heavy atom. The molecule has 2 aromatic carbocycles. The van der Waals surface area contributed by atoms with Crippen LogP contribution in [0.25, 0.3) is 0 Å². The molecule has 5 nitrogen and oxygen atoms in total. The van der Waals surface area contributed by atoms with Gasteiger partial charge in [-0.2, -0.15) is 0 Å². The standard InChI is InChI=1S/C19H22N2O3/c22-18(23)12-7-13-20-19(24)21-17(16-10-5-2-6-11-16)14-15-8-3-1-4-9-15/h1-6,8-11,17H,7,12-14H2,(H,22,23)(H2,20,21,24). The van der Waals surface area contributed by atoms with Gasteiger partial charge in [0, 0.05) is 13.0 Å². The molecule has 0 heterocycles. The topological polar surface area (TPSA) is 78.4 Å². The second kappa shape index (κ2) is 9.35. The van der Waals surface area contributed by atoms with Crippen molar-refractivity contribution in [3.63, 3.8) is 0 Å². The number of aliphatic carboxylic acids is 1. The van der Waals surface area contributed by atoms with E-state index in [4.69, 9.17) is 5.11 Å². The van der Waals surface area contributed by atoms with Gasteiger partial charge in [0.25, 0.3) is 0 Å². The molecular weight excluding hydrogens is 304 g/mol. The van der Waals surface area contributed by atoms with Gasteiger partial charge in [-0.3, -0.25) is 4.79 Å². The Balaban J connectivity index is 1.96. The maximum atomic E-state index is 12.1. The Kier molecular flexibility index (Phi) is 6.83. The largest absolute Gasteiger partial charge is 0.481 e. The van der Waals surface area contributed by atoms with Crippen LogP contribution >= 0.6 is 0 Å². The molecule has 3 N–H and O–H groups in total. The van der Waals surface area contributed by atoms with Crippen LogP contribution in [0.15, 0.2) is 60.7 Å². The lowest BCUT2D eigenvalue weighted by Crippen LogP contribution is -2.39. The van der Waals surface area contributed by atoms with Crippen LogP contribution in [0.4, 0.5) is 4.79 Å². The third-order valence-corrected chi connectivity index (χ3v) is 3.64. The monoisotopic (exact) mass is 326 g/mol. The SMILES string of the molecule is O=C(O)CCCNC(=O)NC(Cc1ccccc1)c1ccccc1. The molecule has 1 unspecified atom stereocenters. The van der Waals surface area contributed by atoms with Crippen molar-refractivity contribution in [2.24, 2.45) is 0 Å². The fourth-order valence-electron chi connectivity index (χ4n) is 2.44. The fourth-order valence-corrected chi connectivity index (χ4v) is 2.44. The predicted octanol–water partition coefficient (Wildman–Crippen LogP) is 3.13. The van der Waals surface area contributed by atoms with Crippen molar-refractivity contribution in [2.45, 2.75) is 25.3 Å². The van der Waals surface area contributed by atoms with E-state index in [1.807, 2.05) is 60.7 Å². The number of carbonyl (C=O) groups excluding carboxylic acids is 1. The Labute approximate surface area is 141 Å². The zero-order chi connectivity index (χ0) is 17.2. The summed E-state index contributed by atoms with van der Waals surface area (Å²) in [5.74, 6) is -0.858. The third kappa shape index (κ3) is 6.12.